The first-order chi connectivity index (χ1) is 6.31. The van der Waals surface area contributed by atoms with Gasteiger partial charge in [-0.05, 0) is 0 Å². The van der Waals surface area contributed by atoms with E-state index in [1.54, 1.807) is 0 Å². The molecular weight excluding hydrogens is 198 g/mol. The van der Waals surface area contributed by atoms with E-state index in [9.17, 15) is 4.79 Å². The summed E-state index contributed by atoms with van der Waals surface area (Å²) in [6, 6.07) is 0. The van der Waals surface area contributed by atoms with Gasteiger partial charge in [-0.1, -0.05) is 17.7 Å². The second-order valence-electron chi connectivity index (χ2n) is 1.97. The van der Waals surface area contributed by atoms with Crippen molar-refractivity contribution in [3.63, 3.8) is 0 Å². The Kier molecular flexibility index (Phi) is 9.49. The molecule has 6 nitrogen and oxygen atoms in total. The third-order valence-corrected chi connectivity index (χ3v) is 1.10. The van der Waals surface area contributed by atoms with Gasteiger partial charge in [0.15, 0.2) is 0 Å². The van der Waals surface area contributed by atoms with Gasteiger partial charge >= 0.3 is 5.97 Å². The Hall–Kier alpha value is -0.340. The SMILES string of the molecule is O=C(CCOCOCCO)ONS. The van der Waals surface area contributed by atoms with Gasteiger partial charge in [0.25, 0.3) is 0 Å². The molecule has 0 aromatic carbocycles. The number of rotatable bonds is 8. The van der Waals surface area contributed by atoms with Crippen LogP contribution in [0, 0.1) is 0 Å². The summed E-state index contributed by atoms with van der Waals surface area (Å²) >= 11 is 3.46. The highest BCUT2D eigenvalue weighted by atomic mass is 32.1. The second kappa shape index (κ2) is 9.75. The number of aliphatic hydroxyl groups excluding tert-OH is 1. The first kappa shape index (κ1) is 12.7. The van der Waals surface area contributed by atoms with Gasteiger partial charge in [-0.25, -0.2) is 0 Å². The van der Waals surface area contributed by atoms with Crippen molar-refractivity contribution in [1.29, 1.82) is 0 Å². The lowest BCUT2D eigenvalue weighted by Gasteiger charge is -2.03. The topological polar surface area (TPSA) is 77.0 Å². The van der Waals surface area contributed by atoms with Crippen LogP contribution in [0.1, 0.15) is 6.42 Å². The largest absolute Gasteiger partial charge is 0.394 e. The van der Waals surface area contributed by atoms with Crippen molar-refractivity contribution < 1.29 is 24.2 Å². The summed E-state index contributed by atoms with van der Waals surface area (Å²) in [7, 11) is 0. The van der Waals surface area contributed by atoms with Crippen LogP contribution >= 0.6 is 12.8 Å². The average molecular weight is 211 g/mol. The minimum absolute atomic E-state index is 0.0467. The van der Waals surface area contributed by atoms with Crippen molar-refractivity contribution in [3.8, 4) is 0 Å². The van der Waals surface area contributed by atoms with Crippen molar-refractivity contribution in [3.05, 3.63) is 0 Å². The quantitative estimate of drug-likeness (QED) is 0.212. The van der Waals surface area contributed by atoms with Gasteiger partial charge < -0.3 is 19.4 Å². The fourth-order valence-electron chi connectivity index (χ4n) is 0.499. The maximum Gasteiger partial charge on any atom is 0.328 e. The third-order valence-electron chi connectivity index (χ3n) is 1.01. The highest BCUT2D eigenvalue weighted by Gasteiger charge is 2.00. The molecule has 0 aromatic rings. The lowest BCUT2D eigenvalue weighted by molar-refractivity contribution is -0.149. The van der Waals surface area contributed by atoms with Crippen LogP contribution in [0.4, 0.5) is 0 Å². The zero-order valence-electron chi connectivity index (χ0n) is 7.06. The molecule has 0 aromatic heterocycles. The molecule has 0 aliphatic rings. The van der Waals surface area contributed by atoms with Gasteiger partial charge in [-0.15, -0.1) is 0 Å². The summed E-state index contributed by atoms with van der Waals surface area (Å²) in [5.41, 5.74) is 0. The normalized spacial score (nSPS) is 10.0. The highest BCUT2D eigenvalue weighted by molar-refractivity contribution is 7.77. The number of aliphatic hydroxyl groups is 1. The number of ether oxygens (including phenoxy) is 2. The Bertz CT molecular complexity index is 134. The Labute approximate surface area is 81.7 Å². The zero-order valence-corrected chi connectivity index (χ0v) is 7.96. The van der Waals surface area contributed by atoms with Crippen LogP contribution in [0.25, 0.3) is 0 Å². The van der Waals surface area contributed by atoms with E-state index in [1.807, 2.05) is 4.89 Å². The van der Waals surface area contributed by atoms with Crippen molar-refractivity contribution in [2.45, 2.75) is 6.42 Å². The van der Waals surface area contributed by atoms with E-state index in [1.165, 1.54) is 0 Å². The van der Waals surface area contributed by atoms with E-state index >= 15 is 0 Å². The highest BCUT2D eigenvalue weighted by Crippen LogP contribution is 1.87. The Balaban J connectivity index is 3.02. The molecule has 0 atom stereocenters. The number of nitrogens with one attached hydrogen (secondary N) is 1. The van der Waals surface area contributed by atoms with E-state index in [4.69, 9.17) is 14.6 Å². The summed E-state index contributed by atoms with van der Waals surface area (Å²) in [6.07, 6.45) is 0.121. The Morgan fingerprint density at radius 3 is 2.69 bits per heavy atom. The van der Waals surface area contributed by atoms with Gasteiger partial charge in [0, 0.05) is 0 Å². The first-order valence-corrected chi connectivity index (χ1v) is 4.11. The molecule has 0 saturated heterocycles. The number of carbonyl (C=O) groups is 1. The van der Waals surface area contributed by atoms with Crippen LogP contribution < -0.4 is 4.89 Å². The van der Waals surface area contributed by atoms with Gasteiger partial charge in [0.05, 0.1) is 26.2 Å². The number of carbonyl (C=O) groups excluding carboxylic acids is 1. The summed E-state index contributed by atoms with van der Waals surface area (Å²) in [5, 5.41) is 8.31. The molecule has 0 bridgehead atoms. The second-order valence-corrected chi connectivity index (χ2v) is 2.16. The molecule has 0 unspecified atom stereocenters. The molecule has 0 amide bonds. The van der Waals surface area contributed by atoms with Crippen molar-refractivity contribution >= 4 is 18.8 Å². The smallest absolute Gasteiger partial charge is 0.328 e. The van der Waals surface area contributed by atoms with Crippen molar-refractivity contribution in [1.82, 2.24) is 4.89 Å². The monoisotopic (exact) mass is 211 g/mol. The van der Waals surface area contributed by atoms with E-state index in [0.717, 1.165) is 0 Å². The summed E-state index contributed by atoms with van der Waals surface area (Å²) in [4.78, 5) is 16.9. The summed E-state index contributed by atoms with van der Waals surface area (Å²) in [6.45, 7) is 0.444. The standard InChI is InChI=1S/C6H13NO5S/c8-2-4-11-5-10-3-1-6(9)12-7-13/h7-8,13H,1-5H2. The number of thiol groups is 1. The van der Waals surface area contributed by atoms with E-state index in [-0.39, 0.29) is 33.0 Å². The average Bonchev–Trinajstić information content (AvgIpc) is 2.11. The van der Waals surface area contributed by atoms with Crippen LogP contribution in [-0.2, 0) is 19.1 Å². The van der Waals surface area contributed by atoms with Crippen LogP contribution in [0.2, 0.25) is 0 Å². The van der Waals surface area contributed by atoms with E-state index < -0.39 is 5.97 Å². The van der Waals surface area contributed by atoms with Crippen LogP contribution in [0.5, 0.6) is 0 Å². The third kappa shape index (κ3) is 9.57. The van der Waals surface area contributed by atoms with E-state index in [2.05, 4.69) is 17.7 Å². The molecule has 0 radical (unpaired) electrons. The summed E-state index contributed by atoms with van der Waals surface area (Å²) < 4.78 is 9.64. The molecule has 78 valence electrons. The lowest BCUT2D eigenvalue weighted by atomic mass is 10.5. The Morgan fingerprint density at radius 2 is 2.08 bits per heavy atom. The van der Waals surface area contributed by atoms with Crippen LogP contribution in [0.3, 0.4) is 0 Å². The van der Waals surface area contributed by atoms with Crippen LogP contribution in [0.15, 0.2) is 0 Å². The van der Waals surface area contributed by atoms with Gasteiger partial charge in [-0.3, -0.25) is 4.79 Å². The van der Waals surface area contributed by atoms with Crippen molar-refractivity contribution in [2.75, 3.05) is 26.6 Å². The number of hydrogen-bond acceptors (Lipinski definition) is 7. The minimum Gasteiger partial charge on any atom is -0.394 e. The molecule has 0 heterocycles. The maximum atomic E-state index is 10.6. The minimum atomic E-state index is -0.461. The van der Waals surface area contributed by atoms with E-state index in [0.29, 0.717) is 0 Å². The molecule has 7 heteroatoms. The Morgan fingerprint density at radius 1 is 1.38 bits per heavy atom. The summed E-state index contributed by atoms with van der Waals surface area (Å²) in [5.74, 6) is -0.461. The molecule has 0 saturated carbocycles. The van der Waals surface area contributed by atoms with Gasteiger partial charge in [-0.2, -0.15) is 0 Å². The number of hydrogen-bond donors (Lipinski definition) is 3. The van der Waals surface area contributed by atoms with Crippen LogP contribution in [-0.4, -0.2) is 37.7 Å². The predicted molar refractivity (Wildman–Crippen MR) is 46.7 cm³/mol. The fraction of sp³-hybridized carbons (Fsp3) is 0.833. The molecule has 13 heavy (non-hydrogen) atoms. The molecule has 0 fully saturated rings. The van der Waals surface area contributed by atoms with Crippen molar-refractivity contribution in [2.24, 2.45) is 0 Å². The predicted octanol–water partition coefficient (Wildman–Crippen LogP) is -0.748. The molecule has 0 spiro atoms. The zero-order chi connectivity index (χ0) is 9.94. The molecule has 2 N–H and O–H groups in total. The maximum absolute atomic E-state index is 10.6. The molecule has 0 aliphatic carbocycles. The lowest BCUT2D eigenvalue weighted by Crippen LogP contribution is -2.14. The molecule has 0 aliphatic heterocycles. The molecule has 0 rings (SSSR count). The fourth-order valence-corrected chi connectivity index (χ4v) is 0.601. The van der Waals surface area contributed by atoms with Gasteiger partial charge in [0.1, 0.15) is 6.79 Å². The first-order valence-electron chi connectivity index (χ1n) is 3.66. The molecular formula is C6H13NO5S. The van der Waals surface area contributed by atoms with Gasteiger partial charge in [0.2, 0.25) is 0 Å².